The number of nitrogens with one attached hydrogen (secondary N) is 2. The Bertz CT molecular complexity index is 1170. The first-order valence-corrected chi connectivity index (χ1v) is 20.3. The van der Waals surface area contributed by atoms with Gasteiger partial charge in [-0.3, -0.25) is 0 Å². The molecule has 0 radical (unpaired) electrons. The van der Waals surface area contributed by atoms with Gasteiger partial charge in [0.1, 0.15) is 0 Å². The minimum absolute atomic E-state index is 0.124. The summed E-state index contributed by atoms with van der Waals surface area (Å²) in [5, 5.41) is 5.57. The van der Waals surface area contributed by atoms with Gasteiger partial charge >= 0.3 is 18.5 Å². The molecular formula is C30H41F9N2Si2. The van der Waals surface area contributed by atoms with E-state index < -0.39 is 51.4 Å². The average Bonchev–Trinajstić information content (AvgIpc) is 2.88. The highest BCUT2D eigenvalue weighted by molar-refractivity contribution is 6.82. The van der Waals surface area contributed by atoms with Crippen LogP contribution in [0.1, 0.15) is 35.1 Å². The van der Waals surface area contributed by atoms with Gasteiger partial charge in [0.05, 0.1) is 32.8 Å². The molecule has 0 unspecified atom stereocenters. The summed E-state index contributed by atoms with van der Waals surface area (Å²) >= 11 is 0. The molecule has 2 rings (SSSR count). The minimum atomic E-state index is -4.82. The lowest BCUT2D eigenvalue weighted by Gasteiger charge is -2.18. The van der Waals surface area contributed by atoms with E-state index in [2.05, 4.69) is 50.0 Å². The van der Waals surface area contributed by atoms with Gasteiger partial charge in [-0.1, -0.05) is 49.9 Å². The molecule has 0 atom stereocenters. The van der Waals surface area contributed by atoms with E-state index in [1.165, 1.54) is 12.1 Å². The summed E-state index contributed by atoms with van der Waals surface area (Å²) in [6, 6.07) is 7.79. The molecule has 0 saturated heterocycles. The molecule has 0 bridgehead atoms. The van der Waals surface area contributed by atoms with Gasteiger partial charge in [0.2, 0.25) is 0 Å². The second-order valence-electron chi connectivity index (χ2n) is 11.8. The maximum Gasteiger partial charge on any atom is 0.418 e. The van der Waals surface area contributed by atoms with Crippen molar-refractivity contribution in [2.75, 3.05) is 23.7 Å². The van der Waals surface area contributed by atoms with Crippen molar-refractivity contribution in [2.24, 2.45) is 0 Å². The molecular weight excluding hydrogens is 615 g/mol. The zero-order valence-corrected chi connectivity index (χ0v) is 27.2. The van der Waals surface area contributed by atoms with E-state index in [0.29, 0.717) is 37.2 Å². The lowest BCUT2D eigenvalue weighted by atomic mass is 10.1. The van der Waals surface area contributed by atoms with Crippen molar-refractivity contribution in [3.8, 4) is 0 Å². The zero-order chi connectivity index (χ0) is 33.3. The highest BCUT2D eigenvalue weighted by Crippen LogP contribution is 2.38. The van der Waals surface area contributed by atoms with Crippen LogP contribution in [0.2, 0.25) is 38.3 Å². The van der Waals surface area contributed by atoms with Crippen LogP contribution >= 0.6 is 0 Å². The van der Waals surface area contributed by atoms with Gasteiger partial charge in [-0.25, -0.2) is 0 Å². The van der Waals surface area contributed by atoms with E-state index in [1.807, 2.05) is 11.4 Å². The van der Waals surface area contributed by atoms with Crippen LogP contribution in [0.3, 0.4) is 0 Å². The molecule has 2 aromatic carbocycles. The standard InChI is InChI=1S/C15H19F6NSi.C15H22F3NSi/c1-4-23(2,3)7-5-6-22-13-9-11(14(16,17)18)8-12(10-13)15(19,20)21;1-5-20(3,4)10-6-9-19-14-8-7-12(2)11-13(14)15(16,17)18/h4,8-10,22H,1,5-7H2,2-3H3;5,7-8,11,19H,1,6,9-10H2,2-4H3. The van der Waals surface area contributed by atoms with Crippen LogP contribution in [-0.2, 0) is 18.5 Å². The summed E-state index contributed by atoms with van der Waals surface area (Å²) < 4.78 is 115. The maximum atomic E-state index is 12.9. The number of hydrogen-bond donors (Lipinski definition) is 2. The van der Waals surface area contributed by atoms with Crippen molar-refractivity contribution in [1.82, 2.24) is 0 Å². The van der Waals surface area contributed by atoms with Crippen molar-refractivity contribution < 1.29 is 39.5 Å². The molecule has 0 aliphatic heterocycles. The molecule has 2 N–H and O–H groups in total. The number of alkyl halides is 9. The van der Waals surface area contributed by atoms with Crippen LogP contribution in [0, 0.1) is 6.92 Å². The molecule has 0 saturated carbocycles. The largest absolute Gasteiger partial charge is 0.418 e. The van der Waals surface area contributed by atoms with E-state index in [-0.39, 0.29) is 17.4 Å². The van der Waals surface area contributed by atoms with Gasteiger partial charge in [-0.05, 0) is 50.1 Å². The smallest absolute Gasteiger partial charge is 0.385 e. The molecule has 0 aromatic heterocycles. The molecule has 242 valence electrons. The molecule has 0 aliphatic carbocycles. The number of benzene rings is 2. The number of hydrogen-bond acceptors (Lipinski definition) is 2. The summed E-state index contributed by atoms with van der Waals surface area (Å²) in [6.45, 7) is 18.7. The Kier molecular flexibility index (Phi) is 13.7. The van der Waals surface area contributed by atoms with Crippen molar-refractivity contribution in [3.05, 3.63) is 83.2 Å². The molecule has 0 amide bonds. The van der Waals surface area contributed by atoms with Crippen molar-refractivity contribution >= 4 is 27.5 Å². The van der Waals surface area contributed by atoms with Gasteiger partial charge in [-0.15, -0.1) is 24.6 Å². The number of anilines is 2. The monoisotopic (exact) mass is 656 g/mol. The summed E-state index contributed by atoms with van der Waals surface area (Å²) in [5.41, 5.74) is 1.32. The van der Waals surface area contributed by atoms with Gasteiger partial charge in [0.25, 0.3) is 0 Å². The molecule has 43 heavy (non-hydrogen) atoms. The Balaban J connectivity index is 0.000000434. The lowest BCUT2D eigenvalue weighted by Crippen LogP contribution is -2.23. The van der Waals surface area contributed by atoms with E-state index in [1.54, 1.807) is 13.0 Å². The molecule has 2 nitrogen and oxygen atoms in total. The van der Waals surface area contributed by atoms with Crippen LogP contribution in [-0.4, -0.2) is 29.2 Å². The summed E-state index contributed by atoms with van der Waals surface area (Å²) in [4.78, 5) is 0. The molecule has 0 aliphatic rings. The molecule has 13 heteroatoms. The zero-order valence-electron chi connectivity index (χ0n) is 25.2. The van der Waals surface area contributed by atoms with E-state index in [4.69, 9.17) is 0 Å². The van der Waals surface area contributed by atoms with Gasteiger partial charge < -0.3 is 10.6 Å². The quantitative estimate of drug-likeness (QED) is 0.135. The highest BCUT2D eigenvalue weighted by atomic mass is 28.3. The Morgan fingerprint density at radius 1 is 0.651 bits per heavy atom. The predicted molar refractivity (Wildman–Crippen MR) is 164 cm³/mol. The average molecular weight is 657 g/mol. The number of aryl methyl sites for hydroxylation is 1. The van der Waals surface area contributed by atoms with Crippen molar-refractivity contribution in [2.45, 2.75) is 76.6 Å². The van der Waals surface area contributed by atoms with Crippen molar-refractivity contribution in [3.63, 3.8) is 0 Å². The van der Waals surface area contributed by atoms with Crippen LogP contribution < -0.4 is 10.6 Å². The Labute approximate surface area is 250 Å². The third kappa shape index (κ3) is 14.1. The van der Waals surface area contributed by atoms with E-state index in [9.17, 15) is 39.5 Å². The number of rotatable bonds is 12. The second kappa shape index (κ2) is 15.4. The van der Waals surface area contributed by atoms with E-state index in [0.717, 1.165) is 18.5 Å². The van der Waals surface area contributed by atoms with Gasteiger partial charge in [0.15, 0.2) is 0 Å². The SMILES string of the molecule is C=C[Si](C)(C)CCCNc1cc(C(F)(F)F)cc(C(F)(F)F)c1.C=C[Si](C)(C)CCCNc1ccc(C)cc1C(F)(F)F. The van der Waals surface area contributed by atoms with Gasteiger partial charge in [0, 0.05) is 24.5 Å². The molecule has 0 heterocycles. The minimum Gasteiger partial charge on any atom is -0.385 e. The summed E-state index contributed by atoms with van der Waals surface area (Å²) in [5.74, 6) is 0. The molecule has 0 fully saturated rings. The lowest BCUT2D eigenvalue weighted by molar-refractivity contribution is -0.143. The highest BCUT2D eigenvalue weighted by Gasteiger charge is 2.37. The Morgan fingerprint density at radius 3 is 1.49 bits per heavy atom. The topological polar surface area (TPSA) is 24.1 Å². The summed E-state index contributed by atoms with van der Waals surface area (Å²) in [7, 11) is -2.91. The summed E-state index contributed by atoms with van der Waals surface area (Å²) in [6.07, 6.45) is -12.5. The normalized spacial score (nSPS) is 12.7. The third-order valence-electron chi connectivity index (χ3n) is 6.81. The molecule has 0 spiro atoms. The second-order valence-corrected chi connectivity index (χ2v) is 21.6. The van der Waals surface area contributed by atoms with Crippen LogP contribution in [0.25, 0.3) is 0 Å². The maximum absolute atomic E-state index is 12.9. The fraction of sp³-hybridized carbons (Fsp3) is 0.467. The first-order valence-electron chi connectivity index (χ1n) is 13.7. The van der Waals surface area contributed by atoms with Crippen LogP contribution in [0.5, 0.6) is 0 Å². The first-order chi connectivity index (χ1) is 19.5. The first kappa shape index (κ1) is 38.3. The predicted octanol–water partition coefficient (Wildman–Crippen LogP) is 11.2. The fourth-order valence-electron chi connectivity index (χ4n) is 3.85. The fourth-order valence-corrected chi connectivity index (χ4v) is 6.44. The van der Waals surface area contributed by atoms with Crippen molar-refractivity contribution in [1.29, 1.82) is 0 Å². The molecule has 2 aromatic rings. The van der Waals surface area contributed by atoms with Crippen LogP contribution in [0.15, 0.2) is 61.0 Å². The third-order valence-corrected chi connectivity index (χ3v) is 12.3. The Hall–Kier alpha value is -2.68. The van der Waals surface area contributed by atoms with E-state index >= 15 is 0 Å². The number of halogens is 9. The van der Waals surface area contributed by atoms with Crippen LogP contribution in [0.4, 0.5) is 50.9 Å². The van der Waals surface area contributed by atoms with Gasteiger partial charge in [-0.2, -0.15) is 39.5 Å². The Morgan fingerprint density at radius 2 is 1.09 bits per heavy atom.